The Morgan fingerprint density at radius 1 is 1.33 bits per heavy atom. The van der Waals surface area contributed by atoms with E-state index in [1.54, 1.807) is 0 Å². The van der Waals surface area contributed by atoms with Crippen LogP contribution in [0.2, 0.25) is 0 Å². The first-order chi connectivity index (χ1) is 7.31. The molecule has 0 atom stereocenters. The summed E-state index contributed by atoms with van der Waals surface area (Å²) in [5, 5.41) is 0. The third kappa shape index (κ3) is 3.16. The van der Waals surface area contributed by atoms with E-state index in [9.17, 15) is 0 Å². The lowest BCUT2D eigenvalue weighted by molar-refractivity contribution is 0.262. The Balaban J connectivity index is 2.02. The normalized spacial score (nSPS) is 15.9. The maximum atomic E-state index is 5.64. The summed E-state index contributed by atoms with van der Waals surface area (Å²) in [6.45, 7) is 2.84. The van der Waals surface area contributed by atoms with E-state index in [1.807, 2.05) is 0 Å². The highest BCUT2D eigenvalue weighted by atomic mass is 127. The van der Waals surface area contributed by atoms with Gasteiger partial charge < -0.3 is 5.73 Å². The Hall–Kier alpha value is -0.130. The fraction of sp³-hybridized carbons (Fsp3) is 0.500. The minimum Gasteiger partial charge on any atom is -0.329 e. The fourth-order valence-electron chi connectivity index (χ4n) is 1.84. The Kier molecular flexibility index (Phi) is 3.99. The Labute approximate surface area is 105 Å². The first kappa shape index (κ1) is 11.4. The summed E-state index contributed by atoms with van der Waals surface area (Å²) < 4.78 is 1.36. The van der Waals surface area contributed by atoms with Crippen molar-refractivity contribution in [2.24, 2.45) is 5.73 Å². The largest absolute Gasteiger partial charge is 0.329 e. The Bertz CT molecular complexity index is 323. The maximum absolute atomic E-state index is 5.64. The minimum atomic E-state index is 0.764. The number of benzene rings is 1. The lowest BCUT2D eigenvalue weighted by atomic mass is 10.2. The van der Waals surface area contributed by atoms with Crippen molar-refractivity contribution in [3.8, 4) is 0 Å². The summed E-state index contributed by atoms with van der Waals surface area (Å²) in [6.07, 6.45) is 2.70. The number of nitrogens with zero attached hydrogens (tertiary/aromatic N) is 1. The zero-order valence-electron chi connectivity index (χ0n) is 8.82. The molecule has 0 bridgehead atoms. The first-order valence-electron chi connectivity index (χ1n) is 5.49. The van der Waals surface area contributed by atoms with Gasteiger partial charge in [-0.3, -0.25) is 4.90 Å². The molecular weight excluding hydrogens is 299 g/mol. The predicted molar refractivity (Wildman–Crippen MR) is 71.6 cm³/mol. The van der Waals surface area contributed by atoms with E-state index < -0.39 is 0 Å². The van der Waals surface area contributed by atoms with Crippen molar-refractivity contribution in [2.45, 2.75) is 25.4 Å². The van der Waals surface area contributed by atoms with Crippen molar-refractivity contribution < 1.29 is 0 Å². The molecule has 2 nitrogen and oxygen atoms in total. The molecule has 1 saturated carbocycles. The second-order valence-corrected chi connectivity index (χ2v) is 5.24. The predicted octanol–water partition coefficient (Wildman–Crippen LogP) is 2.21. The van der Waals surface area contributed by atoms with Gasteiger partial charge in [0, 0.05) is 29.2 Å². The van der Waals surface area contributed by atoms with E-state index in [2.05, 4.69) is 51.8 Å². The zero-order chi connectivity index (χ0) is 10.7. The lowest BCUT2D eigenvalue weighted by Crippen LogP contribution is -2.31. The number of hydrogen-bond acceptors (Lipinski definition) is 2. The SMILES string of the molecule is NCCN(Cc1ccccc1I)C1CC1. The molecule has 1 fully saturated rings. The van der Waals surface area contributed by atoms with Gasteiger partial charge in [0.25, 0.3) is 0 Å². The molecule has 0 spiro atoms. The average molecular weight is 316 g/mol. The van der Waals surface area contributed by atoms with Crippen LogP contribution in [0.1, 0.15) is 18.4 Å². The molecule has 1 aromatic rings. The van der Waals surface area contributed by atoms with Gasteiger partial charge in [-0.15, -0.1) is 0 Å². The van der Waals surface area contributed by atoms with Gasteiger partial charge >= 0.3 is 0 Å². The van der Waals surface area contributed by atoms with Crippen molar-refractivity contribution >= 4 is 22.6 Å². The van der Waals surface area contributed by atoms with Gasteiger partial charge in [-0.2, -0.15) is 0 Å². The molecule has 1 aromatic carbocycles. The molecule has 1 aliphatic rings. The van der Waals surface area contributed by atoms with Gasteiger partial charge in [0.2, 0.25) is 0 Å². The zero-order valence-corrected chi connectivity index (χ0v) is 11.0. The molecule has 0 saturated heterocycles. The first-order valence-corrected chi connectivity index (χ1v) is 6.56. The third-order valence-corrected chi connectivity index (χ3v) is 3.86. The summed E-state index contributed by atoms with van der Waals surface area (Å²) in [7, 11) is 0. The molecule has 3 heteroatoms. The van der Waals surface area contributed by atoms with Gasteiger partial charge in [0.05, 0.1) is 0 Å². The molecule has 0 unspecified atom stereocenters. The highest BCUT2D eigenvalue weighted by molar-refractivity contribution is 14.1. The van der Waals surface area contributed by atoms with Crippen molar-refractivity contribution in [1.29, 1.82) is 0 Å². The van der Waals surface area contributed by atoms with Crippen LogP contribution < -0.4 is 5.73 Å². The van der Waals surface area contributed by atoms with E-state index in [0.29, 0.717) is 0 Å². The molecule has 1 aliphatic carbocycles. The second kappa shape index (κ2) is 5.27. The van der Waals surface area contributed by atoms with Crippen LogP contribution in [0.25, 0.3) is 0 Å². The molecular formula is C12H17IN2. The van der Waals surface area contributed by atoms with Crippen LogP contribution in [0.15, 0.2) is 24.3 Å². The van der Waals surface area contributed by atoms with Crippen LogP contribution in [0, 0.1) is 3.57 Å². The average Bonchev–Trinajstić information content (AvgIpc) is 3.04. The molecule has 15 heavy (non-hydrogen) atoms. The van der Waals surface area contributed by atoms with Crippen LogP contribution in [0.4, 0.5) is 0 Å². The topological polar surface area (TPSA) is 29.3 Å². The Morgan fingerprint density at radius 2 is 2.07 bits per heavy atom. The van der Waals surface area contributed by atoms with Crippen LogP contribution in [-0.2, 0) is 6.54 Å². The summed E-state index contributed by atoms with van der Waals surface area (Å²) >= 11 is 2.41. The summed E-state index contributed by atoms with van der Waals surface area (Å²) in [4.78, 5) is 2.51. The third-order valence-electron chi connectivity index (χ3n) is 2.81. The molecule has 0 aromatic heterocycles. The highest BCUT2D eigenvalue weighted by Gasteiger charge is 2.28. The van der Waals surface area contributed by atoms with E-state index in [0.717, 1.165) is 25.7 Å². The maximum Gasteiger partial charge on any atom is 0.0247 e. The molecule has 2 rings (SSSR count). The molecule has 82 valence electrons. The number of nitrogens with two attached hydrogens (primary N) is 1. The summed E-state index contributed by atoms with van der Waals surface area (Å²) in [6, 6.07) is 9.39. The monoisotopic (exact) mass is 316 g/mol. The second-order valence-electron chi connectivity index (χ2n) is 4.08. The summed E-state index contributed by atoms with van der Waals surface area (Å²) in [5.74, 6) is 0. The Morgan fingerprint density at radius 3 is 2.67 bits per heavy atom. The van der Waals surface area contributed by atoms with Crippen LogP contribution in [-0.4, -0.2) is 24.0 Å². The molecule has 0 radical (unpaired) electrons. The fourth-order valence-corrected chi connectivity index (χ4v) is 2.40. The molecule has 0 amide bonds. The van der Waals surface area contributed by atoms with Crippen molar-refractivity contribution in [3.05, 3.63) is 33.4 Å². The van der Waals surface area contributed by atoms with Crippen LogP contribution in [0.5, 0.6) is 0 Å². The van der Waals surface area contributed by atoms with Crippen LogP contribution in [0.3, 0.4) is 0 Å². The summed E-state index contributed by atoms with van der Waals surface area (Å²) in [5.41, 5.74) is 7.07. The van der Waals surface area contributed by atoms with Crippen LogP contribution >= 0.6 is 22.6 Å². The van der Waals surface area contributed by atoms with Crippen molar-refractivity contribution in [2.75, 3.05) is 13.1 Å². The van der Waals surface area contributed by atoms with Gasteiger partial charge in [0.1, 0.15) is 0 Å². The quantitative estimate of drug-likeness (QED) is 0.844. The van der Waals surface area contributed by atoms with Crippen molar-refractivity contribution in [1.82, 2.24) is 4.90 Å². The number of halogens is 1. The minimum absolute atomic E-state index is 0.764. The van der Waals surface area contributed by atoms with Crippen molar-refractivity contribution in [3.63, 3.8) is 0 Å². The smallest absolute Gasteiger partial charge is 0.0247 e. The van der Waals surface area contributed by atoms with E-state index in [4.69, 9.17) is 5.73 Å². The number of rotatable bonds is 5. The lowest BCUT2D eigenvalue weighted by Gasteiger charge is -2.21. The highest BCUT2D eigenvalue weighted by Crippen LogP contribution is 2.28. The van der Waals surface area contributed by atoms with Gasteiger partial charge in [-0.25, -0.2) is 0 Å². The number of hydrogen-bond donors (Lipinski definition) is 1. The van der Waals surface area contributed by atoms with Gasteiger partial charge in [-0.1, -0.05) is 18.2 Å². The molecule has 2 N–H and O–H groups in total. The molecule has 0 aliphatic heterocycles. The van der Waals surface area contributed by atoms with E-state index >= 15 is 0 Å². The van der Waals surface area contributed by atoms with Gasteiger partial charge in [0.15, 0.2) is 0 Å². The molecule has 0 heterocycles. The standard InChI is InChI=1S/C12H17IN2/c13-12-4-2-1-3-10(12)9-15(8-7-14)11-5-6-11/h1-4,11H,5-9,14H2. The van der Waals surface area contributed by atoms with E-state index in [1.165, 1.54) is 22.0 Å². The van der Waals surface area contributed by atoms with Gasteiger partial charge in [-0.05, 0) is 47.1 Å². The van der Waals surface area contributed by atoms with E-state index in [-0.39, 0.29) is 0 Å².